The van der Waals surface area contributed by atoms with Crippen LogP contribution in [-0.2, 0) is 16.1 Å². The first kappa shape index (κ1) is 17.2. The first-order valence-electron chi connectivity index (χ1n) is 9.42. The summed E-state index contributed by atoms with van der Waals surface area (Å²) in [5, 5.41) is 0. The Morgan fingerprint density at radius 1 is 1.12 bits per heavy atom. The molecule has 0 bridgehead atoms. The van der Waals surface area contributed by atoms with E-state index < -0.39 is 0 Å². The van der Waals surface area contributed by atoms with Crippen LogP contribution in [-0.4, -0.2) is 59.6 Å². The van der Waals surface area contributed by atoms with Crippen LogP contribution in [0.3, 0.4) is 0 Å². The van der Waals surface area contributed by atoms with Crippen molar-refractivity contribution in [2.45, 2.75) is 31.9 Å². The van der Waals surface area contributed by atoms with E-state index in [4.69, 9.17) is 9.15 Å². The van der Waals surface area contributed by atoms with Crippen molar-refractivity contribution in [1.29, 1.82) is 0 Å². The number of amides is 1. The number of carbonyl (C=O) groups is 1. The molecule has 6 nitrogen and oxygen atoms in total. The summed E-state index contributed by atoms with van der Waals surface area (Å²) in [4.78, 5) is 21.5. The molecule has 1 unspecified atom stereocenters. The summed E-state index contributed by atoms with van der Waals surface area (Å²) in [5.74, 6) is 0.822. The molecule has 2 fully saturated rings. The minimum Gasteiger partial charge on any atom is -0.444 e. The van der Waals surface area contributed by atoms with Crippen LogP contribution in [0.25, 0.3) is 11.5 Å². The lowest BCUT2D eigenvalue weighted by atomic mass is 10.2. The van der Waals surface area contributed by atoms with Gasteiger partial charge in [-0.1, -0.05) is 18.2 Å². The highest BCUT2D eigenvalue weighted by atomic mass is 16.5. The number of hydrogen-bond acceptors (Lipinski definition) is 5. The van der Waals surface area contributed by atoms with Crippen LogP contribution in [0.15, 0.2) is 41.0 Å². The van der Waals surface area contributed by atoms with Gasteiger partial charge in [-0.2, -0.15) is 0 Å². The minimum absolute atomic E-state index is 0.164. The van der Waals surface area contributed by atoms with E-state index in [1.54, 1.807) is 6.26 Å². The molecule has 1 aromatic heterocycles. The van der Waals surface area contributed by atoms with E-state index in [-0.39, 0.29) is 12.0 Å². The van der Waals surface area contributed by atoms with Crippen LogP contribution in [0.5, 0.6) is 0 Å². The van der Waals surface area contributed by atoms with E-state index in [0.29, 0.717) is 12.5 Å². The lowest BCUT2D eigenvalue weighted by molar-refractivity contribution is -0.140. The standard InChI is InChI=1S/C20H25N3O3/c24-20(18-8-4-13-25-18)23-10-5-9-22(11-12-23)14-17-15-26-19(21-17)16-6-2-1-3-7-16/h1-3,6-7,15,18H,4-5,8-14H2. The van der Waals surface area contributed by atoms with Crippen LogP contribution in [0.2, 0.25) is 0 Å². The van der Waals surface area contributed by atoms with Crippen LogP contribution in [0.4, 0.5) is 0 Å². The predicted molar refractivity (Wildman–Crippen MR) is 97.4 cm³/mol. The number of rotatable bonds is 4. The third-order valence-corrected chi connectivity index (χ3v) is 5.06. The molecule has 0 N–H and O–H groups in total. The van der Waals surface area contributed by atoms with Crippen molar-refractivity contribution in [3.63, 3.8) is 0 Å². The summed E-state index contributed by atoms with van der Waals surface area (Å²) in [6.45, 7) is 4.84. The zero-order valence-corrected chi connectivity index (χ0v) is 15.0. The third kappa shape index (κ3) is 3.97. The fourth-order valence-corrected chi connectivity index (χ4v) is 3.65. The van der Waals surface area contributed by atoms with Gasteiger partial charge in [0.25, 0.3) is 5.91 Å². The Morgan fingerprint density at radius 2 is 2.00 bits per heavy atom. The zero-order valence-electron chi connectivity index (χ0n) is 15.0. The van der Waals surface area contributed by atoms with Crippen LogP contribution in [0.1, 0.15) is 25.0 Å². The molecule has 0 spiro atoms. The maximum absolute atomic E-state index is 12.5. The van der Waals surface area contributed by atoms with Crippen molar-refractivity contribution in [3.8, 4) is 11.5 Å². The smallest absolute Gasteiger partial charge is 0.251 e. The number of oxazole rings is 1. The zero-order chi connectivity index (χ0) is 17.8. The first-order valence-corrected chi connectivity index (χ1v) is 9.42. The predicted octanol–water partition coefficient (Wildman–Crippen LogP) is 2.55. The molecule has 2 aromatic rings. The molecule has 1 amide bonds. The Balaban J connectivity index is 1.33. The van der Waals surface area contributed by atoms with Crippen molar-refractivity contribution in [2.75, 3.05) is 32.8 Å². The number of ether oxygens (including phenoxy) is 1. The Morgan fingerprint density at radius 3 is 2.81 bits per heavy atom. The molecule has 6 heteroatoms. The highest BCUT2D eigenvalue weighted by molar-refractivity contribution is 5.81. The van der Waals surface area contributed by atoms with Gasteiger partial charge in [0.05, 0.1) is 5.69 Å². The molecular formula is C20H25N3O3. The molecule has 2 aliphatic heterocycles. The van der Waals surface area contributed by atoms with Gasteiger partial charge in [-0.25, -0.2) is 4.98 Å². The van der Waals surface area contributed by atoms with E-state index in [1.807, 2.05) is 35.2 Å². The first-order chi connectivity index (χ1) is 12.8. The fourth-order valence-electron chi connectivity index (χ4n) is 3.65. The Hall–Kier alpha value is -2.18. The number of benzene rings is 1. The maximum atomic E-state index is 12.5. The van der Waals surface area contributed by atoms with Gasteiger partial charge in [0, 0.05) is 44.9 Å². The van der Waals surface area contributed by atoms with Crippen molar-refractivity contribution in [1.82, 2.24) is 14.8 Å². The van der Waals surface area contributed by atoms with Gasteiger partial charge in [0.1, 0.15) is 12.4 Å². The molecule has 1 aromatic carbocycles. The highest BCUT2D eigenvalue weighted by Gasteiger charge is 2.29. The van der Waals surface area contributed by atoms with Gasteiger partial charge in [0.15, 0.2) is 0 Å². The summed E-state index contributed by atoms with van der Waals surface area (Å²) < 4.78 is 11.2. The summed E-state index contributed by atoms with van der Waals surface area (Å²) in [5.41, 5.74) is 1.92. The highest BCUT2D eigenvalue weighted by Crippen LogP contribution is 2.20. The van der Waals surface area contributed by atoms with Crippen molar-refractivity contribution in [2.24, 2.45) is 0 Å². The quantitative estimate of drug-likeness (QED) is 0.844. The van der Waals surface area contributed by atoms with Crippen LogP contribution in [0, 0.1) is 0 Å². The third-order valence-electron chi connectivity index (χ3n) is 5.06. The molecule has 4 rings (SSSR count). The van der Waals surface area contributed by atoms with Crippen LogP contribution >= 0.6 is 0 Å². The van der Waals surface area contributed by atoms with Gasteiger partial charge in [-0.15, -0.1) is 0 Å². The SMILES string of the molecule is O=C(C1CCCO1)N1CCCN(Cc2coc(-c3ccccc3)n2)CC1. The van der Waals surface area contributed by atoms with Gasteiger partial charge >= 0.3 is 0 Å². The van der Waals surface area contributed by atoms with Gasteiger partial charge in [-0.3, -0.25) is 9.69 Å². The lowest BCUT2D eigenvalue weighted by Gasteiger charge is -2.24. The largest absolute Gasteiger partial charge is 0.444 e. The molecule has 0 saturated carbocycles. The normalized spacial score (nSPS) is 21.7. The Bertz CT molecular complexity index is 725. The van der Waals surface area contributed by atoms with E-state index in [0.717, 1.165) is 63.2 Å². The van der Waals surface area contributed by atoms with Gasteiger partial charge in [0.2, 0.25) is 5.89 Å². The number of carbonyl (C=O) groups excluding carboxylic acids is 1. The molecule has 138 valence electrons. The second-order valence-corrected chi connectivity index (χ2v) is 6.97. The average Bonchev–Trinajstić information content (AvgIpc) is 3.31. The van der Waals surface area contributed by atoms with Gasteiger partial charge < -0.3 is 14.1 Å². The summed E-state index contributed by atoms with van der Waals surface area (Å²) in [6, 6.07) is 9.93. The number of hydrogen-bond donors (Lipinski definition) is 0. The molecule has 26 heavy (non-hydrogen) atoms. The van der Waals surface area contributed by atoms with Crippen molar-refractivity contribution < 1.29 is 13.9 Å². The van der Waals surface area contributed by atoms with E-state index in [2.05, 4.69) is 9.88 Å². The van der Waals surface area contributed by atoms with E-state index >= 15 is 0 Å². The Kier molecular flexibility index (Phi) is 5.32. The Labute approximate surface area is 153 Å². The second kappa shape index (κ2) is 8.01. The lowest BCUT2D eigenvalue weighted by Crippen LogP contribution is -2.41. The average molecular weight is 355 g/mol. The number of nitrogens with zero attached hydrogens (tertiary/aromatic N) is 3. The van der Waals surface area contributed by atoms with Crippen molar-refractivity contribution >= 4 is 5.91 Å². The molecule has 2 saturated heterocycles. The fraction of sp³-hybridized carbons (Fsp3) is 0.500. The molecule has 0 aliphatic carbocycles. The summed E-state index contributed by atoms with van der Waals surface area (Å²) >= 11 is 0. The summed E-state index contributed by atoms with van der Waals surface area (Å²) in [7, 11) is 0. The minimum atomic E-state index is -0.217. The van der Waals surface area contributed by atoms with E-state index in [1.165, 1.54) is 0 Å². The maximum Gasteiger partial charge on any atom is 0.251 e. The van der Waals surface area contributed by atoms with Crippen LogP contribution < -0.4 is 0 Å². The topological polar surface area (TPSA) is 58.8 Å². The monoisotopic (exact) mass is 355 g/mol. The van der Waals surface area contributed by atoms with E-state index in [9.17, 15) is 4.79 Å². The summed E-state index contributed by atoms with van der Waals surface area (Å²) in [6.07, 6.45) is 4.35. The van der Waals surface area contributed by atoms with Crippen molar-refractivity contribution in [3.05, 3.63) is 42.3 Å². The molecule has 2 aliphatic rings. The molecule has 3 heterocycles. The van der Waals surface area contributed by atoms with Gasteiger partial charge in [-0.05, 0) is 31.4 Å². The molecular weight excluding hydrogens is 330 g/mol. The molecule has 0 radical (unpaired) electrons. The number of aromatic nitrogens is 1. The second-order valence-electron chi connectivity index (χ2n) is 6.97. The molecule has 1 atom stereocenters.